The second-order valence-corrected chi connectivity index (χ2v) is 3.65. The van der Waals surface area contributed by atoms with Gasteiger partial charge in [0.05, 0.1) is 5.69 Å². The van der Waals surface area contributed by atoms with Gasteiger partial charge in [0, 0.05) is 16.5 Å². The van der Waals surface area contributed by atoms with Crippen LogP contribution in [0.2, 0.25) is 0 Å². The zero-order valence-electron chi connectivity index (χ0n) is 8.28. The summed E-state index contributed by atoms with van der Waals surface area (Å²) < 4.78 is 0. The van der Waals surface area contributed by atoms with Crippen molar-refractivity contribution in [3.63, 3.8) is 0 Å². The molecule has 0 aliphatic carbocycles. The molecule has 15 heavy (non-hydrogen) atoms. The molecule has 74 valence electrons. The maximum absolute atomic E-state index is 9.73. The third-order valence-corrected chi connectivity index (χ3v) is 2.60. The van der Waals surface area contributed by atoms with Crippen molar-refractivity contribution in [2.24, 2.45) is 4.99 Å². The summed E-state index contributed by atoms with van der Waals surface area (Å²) in [5.41, 5.74) is 1.92. The minimum absolute atomic E-state index is 0.298. The van der Waals surface area contributed by atoms with Gasteiger partial charge < -0.3 is 10.4 Å². The molecule has 1 heterocycles. The number of amidine groups is 1. The predicted octanol–water partition coefficient (Wildman–Crippen LogP) is 3.02. The number of aromatic hydroxyl groups is 1. The molecule has 0 saturated heterocycles. The molecule has 0 amide bonds. The van der Waals surface area contributed by atoms with E-state index in [0.29, 0.717) is 5.75 Å². The van der Waals surface area contributed by atoms with E-state index < -0.39 is 0 Å². The van der Waals surface area contributed by atoms with Crippen LogP contribution < -0.4 is 5.32 Å². The highest BCUT2D eigenvalue weighted by atomic mass is 16.3. The maximum Gasteiger partial charge on any atom is 0.123 e. The highest BCUT2D eigenvalue weighted by molar-refractivity contribution is 6.14. The van der Waals surface area contributed by atoms with Crippen molar-refractivity contribution in [2.45, 2.75) is 6.92 Å². The summed E-state index contributed by atoms with van der Waals surface area (Å²) in [6.07, 6.45) is 0. The maximum atomic E-state index is 9.73. The SMILES string of the molecule is CC1=Nc2ccc(O)c3cccc(c23)N1. The number of anilines is 1. The lowest BCUT2D eigenvalue weighted by Crippen LogP contribution is -2.10. The van der Waals surface area contributed by atoms with Gasteiger partial charge in [-0.1, -0.05) is 12.1 Å². The second-order valence-electron chi connectivity index (χ2n) is 3.65. The van der Waals surface area contributed by atoms with Crippen molar-refractivity contribution in [1.29, 1.82) is 0 Å². The number of nitrogens with one attached hydrogen (secondary N) is 1. The molecule has 0 spiro atoms. The summed E-state index contributed by atoms with van der Waals surface area (Å²) in [5.74, 6) is 1.17. The summed E-state index contributed by atoms with van der Waals surface area (Å²) in [5, 5.41) is 14.8. The smallest absolute Gasteiger partial charge is 0.123 e. The lowest BCUT2D eigenvalue weighted by atomic mass is 10.0. The van der Waals surface area contributed by atoms with Crippen LogP contribution in [-0.4, -0.2) is 10.9 Å². The fourth-order valence-electron chi connectivity index (χ4n) is 1.97. The van der Waals surface area contributed by atoms with Crippen LogP contribution in [0.4, 0.5) is 11.4 Å². The molecule has 0 saturated carbocycles. The van der Waals surface area contributed by atoms with E-state index in [1.807, 2.05) is 31.2 Å². The van der Waals surface area contributed by atoms with Crippen LogP contribution in [0.15, 0.2) is 35.3 Å². The summed E-state index contributed by atoms with van der Waals surface area (Å²) in [6.45, 7) is 1.93. The zero-order valence-corrected chi connectivity index (χ0v) is 8.28. The van der Waals surface area contributed by atoms with Gasteiger partial charge in [0.25, 0.3) is 0 Å². The number of nitrogens with zero attached hydrogens (tertiary/aromatic N) is 1. The Morgan fingerprint density at radius 2 is 2.07 bits per heavy atom. The molecule has 0 radical (unpaired) electrons. The van der Waals surface area contributed by atoms with Crippen LogP contribution in [0.25, 0.3) is 10.8 Å². The van der Waals surface area contributed by atoms with E-state index in [-0.39, 0.29) is 0 Å². The van der Waals surface area contributed by atoms with Gasteiger partial charge in [-0.15, -0.1) is 0 Å². The molecule has 1 aliphatic rings. The first kappa shape index (κ1) is 8.29. The van der Waals surface area contributed by atoms with Crippen LogP contribution in [-0.2, 0) is 0 Å². The highest BCUT2D eigenvalue weighted by Crippen LogP contribution is 2.39. The van der Waals surface area contributed by atoms with Crippen LogP contribution >= 0.6 is 0 Å². The number of aliphatic imine (C=N–C) groups is 1. The fraction of sp³-hybridized carbons (Fsp3) is 0.0833. The van der Waals surface area contributed by atoms with Gasteiger partial charge in [0.2, 0.25) is 0 Å². The lowest BCUT2D eigenvalue weighted by Gasteiger charge is -2.17. The molecule has 0 unspecified atom stereocenters. The molecule has 0 fully saturated rings. The number of hydrogen-bond acceptors (Lipinski definition) is 3. The van der Waals surface area contributed by atoms with Crippen molar-refractivity contribution < 1.29 is 5.11 Å². The molecule has 2 N–H and O–H groups in total. The van der Waals surface area contributed by atoms with E-state index >= 15 is 0 Å². The fourth-order valence-corrected chi connectivity index (χ4v) is 1.97. The minimum Gasteiger partial charge on any atom is -0.507 e. The average molecular weight is 198 g/mol. The molecule has 3 nitrogen and oxygen atoms in total. The predicted molar refractivity (Wildman–Crippen MR) is 62.0 cm³/mol. The first-order chi connectivity index (χ1) is 7.25. The quantitative estimate of drug-likeness (QED) is 0.683. The van der Waals surface area contributed by atoms with Gasteiger partial charge in [-0.3, -0.25) is 0 Å². The number of phenolic OH excluding ortho intramolecular Hbond substituents is 1. The Morgan fingerprint density at radius 3 is 2.93 bits per heavy atom. The van der Waals surface area contributed by atoms with Crippen molar-refractivity contribution in [2.75, 3.05) is 5.32 Å². The third kappa shape index (κ3) is 1.09. The molecule has 2 aromatic carbocycles. The van der Waals surface area contributed by atoms with Gasteiger partial charge in [-0.2, -0.15) is 0 Å². The lowest BCUT2D eigenvalue weighted by molar-refractivity contribution is 0.481. The second kappa shape index (κ2) is 2.73. The van der Waals surface area contributed by atoms with E-state index in [9.17, 15) is 5.11 Å². The molecule has 2 aromatic rings. The van der Waals surface area contributed by atoms with Gasteiger partial charge in [-0.25, -0.2) is 4.99 Å². The van der Waals surface area contributed by atoms with E-state index in [1.165, 1.54) is 0 Å². The first-order valence-corrected chi connectivity index (χ1v) is 4.83. The van der Waals surface area contributed by atoms with Crippen LogP contribution in [0.1, 0.15) is 6.92 Å². The van der Waals surface area contributed by atoms with Crippen LogP contribution in [0.3, 0.4) is 0 Å². The zero-order chi connectivity index (χ0) is 10.4. The van der Waals surface area contributed by atoms with Gasteiger partial charge in [0.15, 0.2) is 0 Å². The molecule has 3 rings (SSSR count). The summed E-state index contributed by atoms with van der Waals surface area (Å²) in [6, 6.07) is 9.33. The molecular weight excluding hydrogens is 188 g/mol. The first-order valence-electron chi connectivity index (χ1n) is 4.83. The third-order valence-electron chi connectivity index (χ3n) is 2.60. The molecule has 0 atom stereocenters. The molecule has 3 heteroatoms. The number of hydrogen-bond donors (Lipinski definition) is 2. The molecule has 0 aromatic heterocycles. The Labute approximate surface area is 87.1 Å². The normalized spacial score (nSPS) is 13.5. The van der Waals surface area contributed by atoms with E-state index in [1.54, 1.807) is 6.07 Å². The molecular formula is C12H10N2O. The van der Waals surface area contributed by atoms with Crippen molar-refractivity contribution >= 4 is 28.0 Å². The minimum atomic E-state index is 0.298. The van der Waals surface area contributed by atoms with Gasteiger partial charge in [0.1, 0.15) is 11.6 Å². The number of phenols is 1. The van der Waals surface area contributed by atoms with Crippen molar-refractivity contribution in [3.8, 4) is 5.75 Å². The Kier molecular flexibility index (Phi) is 1.51. The molecule has 1 aliphatic heterocycles. The van der Waals surface area contributed by atoms with Gasteiger partial charge >= 0.3 is 0 Å². The Morgan fingerprint density at radius 1 is 1.20 bits per heavy atom. The number of rotatable bonds is 0. The Balaban J connectivity index is 2.51. The largest absolute Gasteiger partial charge is 0.507 e. The van der Waals surface area contributed by atoms with E-state index in [4.69, 9.17) is 0 Å². The Bertz CT molecular complexity index is 587. The monoisotopic (exact) mass is 198 g/mol. The van der Waals surface area contributed by atoms with Crippen molar-refractivity contribution in [1.82, 2.24) is 0 Å². The summed E-state index contributed by atoms with van der Waals surface area (Å²) in [4.78, 5) is 4.40. The van der Waals surface area contributed by atoms with Crippen molar-refractivity contribution in [3.05, 3.63) is 30.3 Å². The topological polar surface area (TPSA) is 44.6 Å². The average Bonchev–Trinajstić information content (AvgIpc) is 2.23. The molecule has 0 bridgehead atoms. The summed E-state index contributed by atoms with van der Waals surface area (Å²) >= 11 is 0. The van der Waals surface area contributed by atoms with Crippen LogP contribution in [0.5, 0.6) is 5.75 Å². The Hall–Kier alpha value is -2.03. The van der Waals surface area contributed by atoms with Crippen LogP contribution in [0, 0.1) is 0 Å². The summed E-state index contributed by atoms with van der Waals surface area (Å²) in [7, 11) is 0. The number of benzene rings is 2. The highest BCUT2D eigenvalue weighted by Gasteiger charge is 2.13. The van der Waals surface area contributed by atoms with E-state index in [2.05, 4.69) is 10.3 Å². The standard InChI is InChI=1S/C12H10N2O/c1-7-13-9-4-2-3-8-11(15)6-5-10(14-7)12(8)9/h2-6,15H,1H3,(H,13,14). The van der Waals surface area contributed by atoms with Gasteiger partial charge in [-0.05, 0) is 25.1 Å². The van der Waals surface area contributed by atoms with E-state index in [0.717, 1.165) is 28.0 Å².